The molecule has 0 N–H and O–H groups in total. The zero-order chi connectivity index (χ0) is 21.8. The van der Waals surface area contributed by atoms with Gasteiger partial charge in [0.25, 0.3) is 0 Å². The molecule has 8 heteroatoms. The molecule has 168 valence electrons. The molecule has 1 aromatic carbocycles. The number of carbonyl (C=O) groups excluding carboxylic acids is 1. The number of anilines is 2. The standard InChI is InChI=1S/C21H26N4O3S.C2H6/c1-15-20(25-8-4-7-19(25)26)21(29-22-15)24-11-9-23(10-12-24)13-16-14-27-17-5-2-3-6-18(17)28-16;1-2/h2-3,5-6,16H,4,7-14H2,1H3;1-2H3/t16-;/m0./s1. The molecule has 0 radical (unpaired) electrons. The zero-order valence-corrected chi connectivity index (χ0v) is 19.5. The first-order valence-electron chi connectivity index (χ1n) is 11.3. The second-order valence-corrected chi connectivity index (χ2v) is 8.61. The first kappa shape index (κ1) is 21.9. The molecule has 31 heavy (non-hydrogen) atoms. The SMILES string of the molecule is CC.Cc1nsc(N2CCN(C[C@H]3COc4ccccc4O3)CC2)c1N1CCCC1=O. The minimum atomic E-state index is 0.0554. The number of aromatic nitrogens is 1. The molecule has 4 heterocycles. The van der Waals surface area contributed by atoms with Gasteiger partial charge in [-0.15, -0.1) is 0 Å². The van der Waals surface area contributed by atoms with Crippen molar-refractivity contribution in [3.8, 4) is 11.5 Å². The Morgan fingerprint density at radius 2 is 1.84 bits per heavy atom. The van der Waals surface area contributed by atoms with E-state index >= 15 is 0 Å². The summed E-state index contributed by atoms with van der Waals surface area (Å²) in [5, 5.41) is 1.14. The molecule has 3 aliphatic rings. The van der Waals surface area contributed by atoms with Crippen LogP contribution in [0.25, 0.3) is 0 Å². The Kier molecular flexibility index (Phi) is 6.97. The van der Waals surface area contributed by atoms with Crippen molar-refractivity contribution in [1.82, 2.24) is 9.27 Å². The van der Waals surface area contributed by atoms with E-state index in [1.54, 1.807) is 0 Å². The summed E-state index contributed by atoms with van der Waals surface area (Å²) in [6.07, 6.45) is 1.64. The number of benzene rings is 1. The predicted octanol–water partition coefficient (Wildman–Crippen LogP) is 3.57. The molecule has 0 spiro atoms. The van der Waals surface area contributed by atoms with Crippen LogP contribution >= 0.6 is 11.5 Å². The van der Waals surface area contributed by atoms with Crippen LogP contribution in [0.1, 0.15) is 32.4 Å². The highest BCUT2D eigenvalue weighted by atomic mass is 32.1. The van der Waals surface area contributed by atoms with Crippen molar-refractivity contribution >= 4 is 28.1 Å². The summed E-state index contributed by atoms with van der Waals surface area (Å²) < 4.78 is 16.5. The first-order chi connectivity index (χ1) is 15.2. The maximum atomic E-state index is 12.3. The van der Waals surface area contributed by atoms with Gasteiger partial charge in [0, 0.05) is 45.7 Å². The molecule has 1 amide bonds. The van der Waals surface area contributed by atoms with Gasteiger partial charge in [-0.2, -0.15) is 4.37 Å². The van der Waals surface area contributed by atoms with Gasteiger partial charge in [0.05, 0.1) is 5.69 Å². The fourth-order valence-corrected chi connectivity index (χ4v) is 5.28. The van der Waals surface area contributed by atoms with Crippen LogP contribution in [0.2, 0.25) is 0 Å². The highest BCUT2D eigenvalue weighted by Crippen LogP contribution is 2.39. The molecule has 3 aliphatic heterocycles. The minimum absolute atomic E-state index is 0.0554. The molecular formula is C23H32N4O3S. The van der Waals surface area contributed by atoms with Crippen molar-refractivity contribution < 1.29 is 14.3 Å². The lowest BCUT2D eigenvalue weighted by Crippen LogP contribution is -2.50. The third-order valence-electron chi connectivity index (χ3n) is 5.85. The third-order valence-corrected chi connectivity index (χ3v) is 6.84. The minimum Gasteiger partial charge on any atom is -0.486 e. The first-order valence-corrected chi connectivity index (χ1v) is 12.1. The van der Waals surface area contributed by atoms with E-state index in [0.29, 0.717) is 13.0 Å². The molecule has 0 aliphatic carbocycles. The zero-order valence-electron chi connectivity index (χ0n) is 18.7. The maximum absolute atomic E-state index is 12.3. The smallest absolute Gasteiger partial charge is 0.227 e. The maximum Gasteiger partial charge on any atom is 0.227 e. The molecule has 1 atom stereocenters. The Balaban J connectivity index is 0.00000112. The van der Waals surface area contributed by atoms with E-state index in [4.69, 9.17) is 9.47 Å². The van der Waals surface area contributed by atoms with E-state index in [1.165, 1.54) is 11.5 Å². The Labute approximate surface area is 188 Å². The molecular weight excluding hydrogens is 412 g/mol. The molecule has 1 aromatic heterocycles. The van der Waals surface area contributed by atoms with E-state index in [-0.39, 0.29) is 12.0 Å². The summed E-state index contributed by atoms with van der Waals surface area (Å²) >= 11 is 1.52. The Hall–Kier alpha value is -2.32. The normalized spacial score (nSPS) is 21.1. The number of rotatable bonds is 4. The van der Waals surface area contributed by atoms with E-state index in [9.17, 15) is 4.79 Å². The van der Waals surface area contributed by atoms with Crippen molar-refractivity contribution in [3.63, 3.8) is 0 Å². The van der Waals surface area contributed by atoms with Gasteiger partial charge in [0.15, 0.2) is 11.5 Å². The van der Waals surface area contributed by atoms with E-state index in [0.717, 1.165) is 73.6 Å². The molecule has 0 unspecified atom stereocenters. The Bertz CT molecular complexity index is 895. The molecule has 5 rings (SSSR count). The highest BCUT2D eigenvalue weighted by Gasteiger charge is 2.31. The van der Waals surface area contributed by atoms with Crippen LogP contribution in [-0.4, -0.2) is 67.2 Å². The van der Waals surface area contributed by atoms with E-state index in [1.807, 2.05) is 49.9 Å². The average molecular weight is 445 g/mol. The van der Waals surface area contributed by atoms with Gasteiger partial charge in [-0.25, -0.2) is 0 Å². The summed E-state index contributed by atoms with van der Waals surface area (Å²) in [4.78, 5) is 19.0. The van der Waals surface area contributed by atoms with Gasteiger partial charge in [-0.05, 0) is 37.0 Å². The van der Waals surface area contributed by atoms with Crippen molar-refractivity contribution in [2.45, 2.75) is 39.7 Å². The topological polar surface area (TPSA) is 58.1 Å². The molecule has 0 saturated carbocycles. The van der Waals surface area contributed by atoms with Gasteiger partial charge in [-0.1, -0.05) is 26.0 Å². The number of nitrogens with zero attached hydrogens (tertiary/aromatic N) is 4. The lowest BCUT2D eigenvalue weighted by atomic mass is 10.2. The highest BCUT2D eigenvalue weighted by molar-refractivity contribution is 7.11. The number of hydrogen-bond acceptors (Lipinski definition) is 7. The summed E-state index contributed by atoms with van der Waals surface area (Å²) in [7, 11) is 0. The van der Waals surface area contributed by atoms with Crippen LogP contribution in [0.4, 0.5) is 10.7 Å². The van der Waals surface area contributed by atoms with Crippen LogP contribution in [-0.2, 0) is 4.79 Å². The second-order valence-electron chi connectivity index (χ2n) is 7.86. The number of fused-ring (bicyclic) bond motifs is 1. The van der Waals surface area contributed by atoms with Crippen molar-refractivity contribution in [2.24, 2.45) is 0 Å². The predicted molar refractivity (Wildman–Crippen MR) is 125 cm³/mol. The van der Waals surface area contributed by atoms with Crippen LogP contribution in [0.5, 0.6) is 11.5 Å². The van der Waals surface area contributed by atoms with Crippen LogP contribution < -0.4 is 19.3 Å². The van der Waals surface area contributed by atoms with E-state index in [2.05, 4.69) is 14.2 Å². The number of para-hydroxylation sites is 2. The molecule has 2 fully saturated rings. The summed E-state index contributed by atoms with van der Waals surface area (Å²) in [5.74, 6) is 1.89. The molecule has 7 nitrogen and oxygen atoms in total. The van der Waals surface area contributed by atoms with Crippen LogP contribution in [0.3, 0.4) is 0 Å². The quantitative estimate of drug-likeness (QED) is 0.719. The van der Waals surface area contributed by atoms with Crippen LogP contribution in [0, 0.1) is 6.92 Å². The van der Waals surface area contributed by atoms with Gasteiger partial charge >= 0.3 is 0 Å². The lowest BCUT2D eigenvalue weighted by Gasteiger charge is -2.38. The van der Waals surface area contributed by atoms with Crippen molar-refractivity contribution in [2.75, 3.05) is 55.7 Å². The summed E-state index contributed by atoms with van der Waals surface area (Å²) in [6, 6.07) is 7.85. The second kappa shape index (κ2) is 9.87. The Morgan fingerprint density at radius 3 is 2.55 bits per heavy atom. The number of ether oxygens (including phenoxy) is 2. The van der Waals surface area contributed by atoms with Crippen LogP contribution in [0.15, 0.2) is 24.3 Å². The summed E-state index contributed by atoms with van der Waals surface area (Å²) in [5.41, 5.74) is 2.00. The van der Waals surface area contributed by atoms with Crippen molar-refractivity contribution in [1.29, 1.82) is 0 Å². The molecule has 2 aromatic rings. The fourth-order valence-electron chi connectivity index (χ4n) is 4.33. The number of hydrogen-bond donors (Lipinski definition) is 0. The molecule has 0 bridgehead atoms. The van der Waals surface area contributed by atoms with E-state index < -0.39 is 0 Å². The van der Waals surface area contributed by atoms with Gasteiger partial charge < -0.3 is 19.3 Å². The third kappa shape index (κ3) is 4.65. The monoisotopic (exact) mass is 444 g/mol. The van der Waals surface area contributed by atoms with Gasteiger partial charge in [-0.3, -0.25) is 9.69 Å². The fraction of sp³-hybridized carbons (Fsp3) is 0.565. The Morgan fingerprint density at radius 1 is 1.10 bits per heavy atom. The van der Waals surface area contributed by atoms with Gasteiger partial charge in [0.2, 0.25) is 5.91 Å². The average Bonchev–Trinajstić information content (AvgIpc) is 3.40. The summed E-state index contributed by atoms with van der Waals surface area (Å²) in [6.45, 7) is 12.1. The number of piperazine rings is 1. The number of carbonyl (C=O) groups is 1. The van der Waals surface area contributed by atoms with Crippen molar-refractivity contribution in [3.05, 3.63) is 30.0 Å². The largest absolute Gasteiger partial charge is 0.486 e. The number of amides is 1. The number of aryl methyl sites for hydroxylation is 1. The lowest BCUT2D eigenvalue weighted by molar-refractivity contribution is -0.117. The molecule has 2 saturated heterocycles. The van der Waals surface area contributed by atoms with Gasteiger partial charge in [0.1, 0.15) is 23.4 Å².